The number of hydrogen-bond acceptors (Lipinski definition) is 4. The summed E-state index contributed by atoms with van der Waals surface area (Å²) in [5, 5.41) is 0. The number of ketones is 1. The third-order valence-electron chi connectivity index (χ3n) is 4.49. The third-order valence-corrected chi connectivity index (χ3v) is 5.43. The lowest BCUT2D eigenvalue weighted by atomic mass is 10.0. The highest BCUT2D eigenvalue weighted by atomic mass is 32.1. The molecule has 0 aliphatic rings. The van der Waals surface area contributed by atoms with Crippen molar-refractivity contribution in [1.82, 2.24) is 9.55 Å². The van der Waals surface area contributed by atoms with Gasteiger partial charge >= 0.3 is 4.87 Å². The standard InChI is InChI=1S/C21H14F2N2O2S/c22-16-3-1-14(11-17(16)23)20(26)15-2-4-18-19(12-15)28-21(27)25(18)10-7-13-5-8-24-9-6-13/h1-6,8-9,11-12H,7,10H2. The second-order valence-electron chi connectivity index (χ2n) is 6.27. The van der Waals surface area contributed by atoms with Gasteiger partial charge in [-0.3, -0.25) is 19.1 Å². The molecule has 2 aromatic heterocycles. The van der Waals surface area contributed by atoms with Crippen molar-refractivity contribution in [3.8, 4) is 0 Å². The van der Waals surface area contributed by atoms with E-state index in [-0.39, 0.29) is 10.4 Å². The van der Waals surface area contributed by atoms with Crippen molar-refractivity contribution in [2.24, 2.45) is 0 Å². The molecule has 0 N–H and O–H groups in total. The number of benzene rings is 2. The maximum Gasteiger partial charge on any atom is 0.308 e. The molecule has 0 fully saturated rings. The Morgan fingerprint density at radius 2 is 1.68 bits per heavy atom. The Morgan fingerprint density at radius 1 is 0.964 bits per heavy atom. The van der Waals surface area contributed by atoms with Crippen LogP contribution in [-0.2, 0) is 13.0 Å². The second-order valence-corrected chi connectivity index (χ2v) is 7.26. The summed E-state index contributed by atoms with van der Waals surface area (Å²) in [6.45, 7) is 0.513. The van der Waals surface area contributed by atoms with Crippen LogP contribution in [-0.4, -0.2) is 15.3 Å². The van der Waals surface area contributed by atoms with Gasteiger partial charge < -0.3 is 0 Å². The molecule has 0 aliphatic heterocycles. The molecule has 28 heavy (non-hydrogen) atoms. The Hall–Kier alpha value is -3.19. The van der Waals surface area contributed by atoms with Gasteiger partial charge in [0.25, 0.3) is 0 Å². The van der Waals surface area contributed by atoms with Gasteiger partial charge in [-0.05, 0) is 60.5 Å². The Labute approximate surface area is 162 Å². The van der Waals surface area contributed by atoms with Gasteiger partial charge in [-0.15, -0.1) is 0 Å². The predicted octanol–water partition coefficient (Wildman–Crippen LogP) is 4.21. The molecule has 140 valence electrons. The molecule has 0 amide bonds. The van der Waals surface area contributed by atoms with E-state index in [9.17, 15) is 18.4 Å². The van der Waals surface area contributed by atoms with Crippen LogP contribution in [0.2, 0.25) is 0 Å². The summed E-state index contributed by atoms with van der Waals surface area (Å²) in [5.74, 6) is -2.50. The average molecular weight is 396 g/mol. The van der Waals surface area contributed by atoms with Crippen LogP contribution < -0.4 is 4.87 Å². The molecule has 0 saturated heterocycles. The molecule has 4 nitrogen and oxygen atoms in total. The van der Waals surface area contributed by atoms with E-state index in [0.29, 0.717) is 23.2 Å². The van der Waals surface area contributed by atoms with Gasteiger partial charge in [0, 0.05) is 30.1 Å². The molecule has 0 atom stereocenters. The SMILES string of the molecule is O=C(c1ccc(F)c(F)c1)c1ccc2c(c1)sc(=O)n2CCc1ccncc1. The fourth-order valence-electron chi connectivity index (χ4n) is 3.01. The zero-order valence-corrected chi connectivity index (χ0v) is 15.4. The summed E-state index contributed by atoms with van der Waals surface area (Å²) in [7, 11) is 0. The number of hydrogen-bond donors (Lipinski definition) is 0. The minimum Gasteiger partial charge on any atom is -0.298 e. The molecule has 0 aliphatic carbocycles. The van der Waals surface area contributed by atoms with Crippen LogP contribution in [0.5, 0.6) is 0 Å². The molecule has 2 aromatic carbocycles. The lowest BCUT2D eigenvalue weighted by Gasteiger charge is -2.05. The number of carbonyl (C=O) groups excluding carboxylic acids is 1. The Bertz CT molecular complexity index is 1230. The van der Waals surface area contributed by atoms with Crippen LogP contribution in [0.15, 0.2) is 65.7 Å². The van der Waals surface area contributed by atoms with Crippen LogP contribution in [0.3, 0.4) is 0 Å². The van der Waals surface area contributed by atoms with Crippen molar-refractivity contribution in [3.05, 3.63) is 98.9 Å². The highest BCUT2D eigenvalue weighted by molar-refractivity contribution is 7.16. The number of aryl methyl sites for hydroxylation is 2. The minimum atomic E-state index is -1.07. The van der Waals surface area contributed by atoms with Gasteiger partial charge in [-0.2, -0.15) is 0 Å². The number of halogens is 2. The van der Waals surface area contributed by atoms with Crippen LogP contribution in [0.4, 0.5) is 8.78 Å². The highest BCUT2D eigenvalue weighted by Crippen LogP contribution is 2.22. The maximum atomic E-state index is 13.4. The molecule has 0 unspecified atom stereocenters. The van der Waals surface area contributed by atoms with Gasteiger partial charge in [0.15, 0.2) is 17.4 Å². The van der Waals surface area contributed by atoms with Crippen LogP contribution in [0.1, 0.15) is 21.5 Å². The van der Waals surface area contributed by atoms with Gasteiger partial charge in [0.05, 0.1) is 10.2 Å². The van der Waals surface area contributed by atoms with E-state index >= 15 is 0 Å². The van der Waals surface area contributed by atoms with E-state index in [1.165, 1.54) is 6.07 Å². The maximum absolute atomic E-state index is 13.4. The lowest BCUT2D eigenvalue weighted by molar-refractivity contribution is 0.103. The van der Waals surface area contributed by atoms with Crippen molar-refractivity contribution in [2.45, 2.75) is 13.0 Å². The first-order valence-electron chi connectivity index (χ1n) is 8.55. The molecule has 0 bridgehead atoms. The van der Waals surface area contributed by atoms with Crippen molar-refractivity contribution < 1.29 is 13.6 Å². The Morgan fingerprint density at radius 3 is 2.43 bits per heavy atom. The highest BCUT2D eigenvalue weighted by Gasteiger charge is 2.15. The number of thiazole rings is 1. The fraction of sp³-hybridized carbons (Fsp3) is 0.0952. The lowest BCUT2D eigenvalue weighted by Crippen LogP contribution is -2.14. The molecule has 0 radical (unpaired) electrons. The minimum absolute atomic E-state index is 0.0581. The third kappa shape index (κ3) is 3.48. The van der Waals surface area contributed by atoms with Gasteiger partial charge in [-0.25, -0.2) is 8.78 Å². The Balaban J connectivity index is 1.64. The molecule has 4 aromatic rings. The molecule has 4 rings (SSSR count). The molecule has 2 heterocycles. The van der Waals surface area contributed by atoms with Gasteiger partial charge in [0.1, 0.15) is 0 Å². The summed E-state index contributed by atoms with van der Waals surface area (Å²) >= 11 is 1.06. The van der Waals surface area contributed by atoms with E-state index in [2.05, 4.69) is 4.98 Å². The van der Waals surface area contributed by atoms with Crippen molar-refractivity contribution in [1.29, 1.82) is 0 Å². The fourth-order valence-corrected chi connectivity index (χ4v) is 3.97. The second kappa shape index (κ2) is 7.44. The molecule has 0 spiro atoms. The van der Waals surface area contributed by atoms with E-state index in [1.807, 2.05) is 12.1 Å². The average Bonchev–Trinajstić information content (AvgIpc) is 3.03. The zero-order valence-electron chi connectivity index (χ0n) is 14.6. The number of nitrogens with zero attached hydrogens (tertiary/aromatic N) is 2. The quantitative estimate of drug-likeness (QED) is 0.475. The molecular weight excluding hydrogens is 382 g/mol. The summed E-state index contributed by atoms with van der Waals surface area (Å²) in [6, 6.07) is 11.8. The first-order chi connectivity index (χ1) is 13.5. The van der Waals surface area contributed by atoms with E-state index in [1.54, 1.807) is 35.2 Å². The van der Waals surface area contributed by atoms with E-state index in [0.717, 1.165) is 34.5 Å². The number of rotatable bonds is 5. The van der Waals surface area contributed by atoms with Crippen molar-refractivity contribution in [2.75, 3.05) is 0 Å². The molecule has 7 heteroatoms. The number of aromatic nitrogens is 2. The molecule has 0 saturated carbocycles. The van der Waals surface area contributed by atoms with Crippen LogP contribution >= 0.6 is 11.3 Å². The van der Waals surface area contributed by atoms with Crippen molar-refractivity contribution >= 4 is 27.3 Å². The number of carbonyl (C=O) groups is 1. The molecular formula is C21H14F2N2O2S. The summed E-state index contributed by atoms with van der Waals surface area (Å²) in [6.07, 6.45) is 4.10. The van der Waals surface area contributed by atoms with E-state index in [4.69, 9.17) is 0 Å². The topological polar surface area (TPSA) is 52.0 Å². The number of fused-ring (bicyclic) bond motifs is 1. The smallest absolute Gasteiger partial charge is 0.298 e. The summed E-state index contributed by atoms with van der Waals surface area (Å²) < 4.78 is 28.9. The van der Waals surface area contributed by atoms with Crippen LogP contribution in [0, 0.1) is 11.6 Å². The summed E-state index contributed by atoms with van der Waals surface area (Å²) in [4.78, 5) is 28.8. The monoisotopic (exact) mass is 396 g/mol. The first-order valence-corrected chi connectivity index (χ1v) is 9.36. The first kappa shape index (κ1) is 18.2. The summed E-state index contributed by atoms with van der Waals surface area (Å²) in [5.41, 5.74) is 2.20. The normalized spacial score (nSPS) is 11.1. The zero-order chi connectivity index (χ0) is 19.7. The van der Waals surface area contributed by atoms with Crippen molar-refractivity contribution in [3.63, 3.8) is 0 Å². The Kier molecular flexibility index (Phi) is 4.83. The number of pyridine rings is 1. The largest absolute Gasteiger partial charge is 0.308 e. The van der Waals surface area contributed by atoms with Gasteiger partial charge in [0.2, 0.25) is 0 Å². The van der Waals surface area contributed by atoms with Crippen LogP contribution in [0.25, 0.3) is 10.2 Å². The predicted molar refractivity (Wildman–Crippen MR) is 104 cm³/mol. The van der Waals surface area contributed by atoms with Gasteiger partial charge in [-0.1, -0.05) is 11.3 Å². The van der Waals surface area contributed by atoms with E-state index < -0.39 is 17.4 Å².